The van der Waals surface area contributed by atoms with E-state index in [-0.39, 0.29) is 27.1 Å². The van der Waals surface area contributed by atoms with Crippen LogP contribution in [0.5, 0.6) is 0 Å². The van der Waals surface area contributed by atoms with E-state index in [1.165, 1.54) is 29.5 Å². The number of nitrogens with zero attached hydrogens (tertiary/aromatic N) is 2. The highest BCUT2D eigenvalue weighted by atomic mass is 35.5. The molecule has 0 aliphatic heterocycles. The number of aryl methyl sites for hydroxylation is 1. The lowest BCUT2D eigenvalue weighted by molar-refractivity contribution is -0.384. The second kappa shape index (κ2) is 8.02. The molecule has 0 unspecified atom stereocenters. The molecule has 6 nitrogen and oxygen atoms in total. The fourth-order valence-electron chi connectivity index (χ4n) is 3.16. The largest absolute Gasteiger partial charge is 0.305 e. The first-order valence-electron chi connectivity index (χ1n) is 8.75. The fourth-order valence-corrected chi connectivity index (χ4v) is 4.61. The van der Waals surface area contributed by atoms with Gasteiger partial charge >= 0.3 is 0 Å². The predicted molar refractivity (Wildman–Crippen MR) is 122 cm³/mol. The molecule has 0 saturated carbocycles. The first-order valence-corrected chi connectivity index (χ1v) is 10.3. The number of hydrogen-bond acceptors (Lipinski definition) is 5. The lowest BCUT2D eigenvalue weighted by Gasteiger charge is -2.03. The summed E-state index contributed by atoms with van der Waals surface area (Å²) in [7, 11) is 0. The van der Waals surface area contributed by atoms with Crippen molar-refractivity contribution in [2.45, 2.75) is 6.92 Å². The van der Waals surface area contributed by atoms with Crippen LogP contribution in [0.25, 0.3) is 32.5 Å². The lowest BCUT2D eigenvalue weighted by Crippen LogP contribution is -2.10. The van der Waals surface area contributed by atoms with E-state index in [0.717, 1.165) is 16.0 Å². The van der Waals surface area contributed by atoms with Gasteiger partial charge in [0.2, 0.25) is 0 Å². The Morgan fingerprint density at radius 1 is 1.23 bits per heavy atom. The quantitative estimate of drug-likeness (QED) is 0.289. The van der Waals surface area contributed by atoms with Crippen molar-refractivity contribution in [3.8, 4) is 11.1 Å². The molecule has 0 bridgehead atoms. The smallest absolute Gasteiger partial charge is 0.288 e. The Kier molecular flexibility index (Phi) is 5.42. The maximum Gasteiger partial charge on any atom is 0.288 e. The van der Waals surface area contributed by atoms with Crippen LogP contribution in [0.3, 0.4) is 0 Å². The first kappa shape index (κ1) is 20.3. The van der Waals surface area contributed by atoms with Crippen LogP contribution in [0.4, 0.5) is 5.69 Å². The number of aromatic nitrogens is 2. The zero-order chi connectivity index (χ0) is 21.4. The Morgan fingerprint density at radius 3 is 2.67 bits per heavy atom. The number of hydrogen-bond donors (Lipinski definition) is 1. The van der Waals surface area contributed by atoms with Gasteiger partial charge in [0.05, 0.1) is 15.3 Å². The van der Waals surface area contributed by atoms with E-state index in [9.17, 15) is 14.9 Å². The molecular weight excluding hydrogens is 445 g/mol. The third kappa shape index (κ3) is 3.75. The topological polar surface area (TPSA) is 88.9 Å². The maximum atomic E-state index is 12.9. The summed E-state index contributed by atoms with van der Waals surface area (Å²) >= 11 is 13.6. The van der Waals surface area contributed by atoms with Crippen molar-refractivity contribution < 1.29 is 4.92 Å². The number of benzene rings is 2. The molecular formula is C21H13Cl2N3O3S. The maximum absolute atomic E-state index is 12.9. The Labute approximate surface area is 184 Å². The van der Waals surface area contributed by atoms with Crippen molar-refractivity contribution in [3.05, 3.63) is 90.3 Å². The molecule has 0 aliphatic carbocycles. The molecule has 30 heavy (non-hydrogen) atoms. The Bertz CT molecular complexity index is 1380. The second-order valence-corrected chi connectivity index (χ2v) is 8.47. The summed E-state index contributed by atoms with van der Waals surface area (Å²) < 4.78 is 0. The molecule has 9 heteroatoms. The predicted octanol–water partition coefficient (Wildman–Crippen LogP) is 6.26. The number of halogens is 2. The van der Waals surface area contributed by atoms with Crippen LogP contribution in [0.15, 0.2) is 53.3 Å². The number of nitro groups is 1. The zero-order valence-corrected chi connectivity index (χ0v) is 17.8. The van der Waals surface area contributed by atoms with E-state index in [2.05, 4.69) is 9.97 Å². The third-order valence-electron chi connectivity index (χ3n) is 4.49. The van der Waals surface area contributed by atoms with Gasteiger partial charge in [-0.05, 0) is 30.2 Å². The average Bonchev–Trinajstić information content (AvgIpc) is 3.06. The molecule has 0 atom stereocenters. The van der Waals surface area contributed by atoms with Crippen molar-refractivity contribution in [2.75, 3.05) is 0 Å². The summed E-state index contributed by atoms with van der Waals surface area (Å²) in [4.78, 5) is 32.2. The lowest BCUT2D eigenvalue weighted by atomic mass is 10.0. The first-order chi connectivity index (χ1) is 14.3. The Morgan fingerprint density at radius 2 is 1.97 bits per heavy atom. The third-order valence-corrected chi connectivity index (χ3v) is 6.09. The number of aromatic amines is 1. The van der Waals surface area contributed by atoms with Gasteiger partial charge in [-0.1, -0.05) is 59.6 Å². The van der Waals surface area contributed by atoms with Gasteiger partial charge in [-0.15, -0.1) is 11.3 Å². The molecule has 2 aromatic heterocycles. The highest BCUT2D eigenvalue weighted by Crippen LogP contribution is 2.36. The van der Waals surface area contributed by atoms with Crippen molar-refractivity contribution in [1.29, 1.82) is 0 Å². The molecule has 0 radical (unpaired) electrons. The van der Waals surface area contributed by atoms with E-state index < -0.39 is 4.92 Å². The van der Waals surface area contributed by atoms with Crippen LogP contribution < -0.4 is 5.56 Å². The van der Waals surface area contributed by atoms with E-state index in [4.69, 9.17) is 23.2 Å². The van der Waals surface area contributed by atoms with Gasteiger partial charge in [-0.3, -0.25) is 14.9 Å². The average molecular weight is 458 g/mol. The van der Waals surface area contributed by atoms with Crippen LogP contribution in [-0.2, 0) is 0 Å². The minimum Gasteiger partial charge on any atom is -0.305 e. The van der Waals surface area contributed by atoms with Crippen LogP contribution >= 0.6 is 34.5 Å². The van der Waals surface area contributed by atoms with E-state index >= 15 is 0 Å². The molecule has 2 heterocycles. The van der Waals surface area contributed by atoms with Crippen LogP contribution in [0.1, 0.15) is 16.3 Å². The molecule has 0 aliphatic rings. The Hall–Kier alpha value is -3.00. The van der Waals surface area contributed by atoms with E-state index in [1.807, 2.05) is 37.3 Å². The number of nitro benzene ring substituents is 1. The van der Waals surface area contributed by atoms with Gasteiger partial charge < -0.3 is 4.98 Å². The van der Waals surface area contributed by atoms with E-state index in [0.29, 0.717) is 15.8 Å². The van der Waals surface area contributed by atoms with Gasteiger partial charge in [-0.2, -0.15) is 0 Å². The molecule has 4 rings (SSSR count). The van der Waals surface area contributed by atoms with Gasteiger partial charge in [-0.25, -0.2) is 4.98 Å². The fraction of sp³-hybridized carbons (Fsp3) is 0.0476. The van der Waals surface area contributed by atoms with Gasteiger partial charge in [0.15, 0.2) is 5.82 Å². The second-order valence-electron chi connectivity index (χ2n) is 6.45. The summed E-state index contributed by atoms with van der Waals surface area (Å²) in [5.41, 5.74) is 1.73. The monoisotopic (exact) mass is 457 g/mol. The summed E-state index contributed by atoms with van der Waals surface area (Å²) in [5, 5.41) is 11.8. The number of rotatable bonds is 4. The van der Waals surface area contributed by atoms with Gasteiger partial charge in [0.25, 0.3) is 11.2 Å². The van der Waals surface area contributed by atoms with Crippen molar-refractivity contribution in [2.24, 2.45) is 0 Å². The standard InChI is InChI=1S/C21H13Cl2N3O3S/c1-11-17(13-5-3-2-4-6-13)18-20(27)24-19(25-21(18)30-11)15(23)9-12-7-8-14(22)16(10-12)26(28)29/h2-10H,1H3,(H,24,25,27)/b15-9-. The SMILES string of the molecule is Cc1sc2nc(/C(Cl)=C/c3ccc(Cl)c([N+](=O)[O-])c3)[nH]c(=O)c2c1-c1ccccc1. The summed E-state index contributed by atoms with van der Waals surface area (Å²) in [6, 6.07) is 14.0. The van der Waals surface area contributed by atoms with Gasteiger partial charge in [0.1, 0.15) is 9.85 Å². The molecule has 0 amide bonds. The highest BCUT2D eigenvalue weighted by Gasteiger charge is 2.18. The Balaban J connectivity index is 1.81. The molecule has 0 fully saturated rings. The summed E-state index contributed by atoms with van der Waals surface area (Å²) in [6.45, 7) is 1.94. The van der Waals surface area contributed by atoms with Crippen LogP contribution in [-0.4, -0.2) is 14.9 Å². The van der Waals surface area contributed by atoms with E-state index in [1.54, 1.807) is 6.07 Å². The summed E-state index contributed by atoms with van der Waals surface area (Å²) in [6.07, 6.45) is 1.49. The van der Waals surface area contributed by atoms with Gasteiger partial charge in [0, 0.05) is 16.5 Å². The molecule has 1 N–H and O–H groups in total. The minimum atomic E-state index is -0.570. The number of H-pyrrole nitrogens is 1. The minimum absolute atomic E-state index is 0.0312. The van der Waals surface area contributed by atoms with Crippen LogP contribution in [0, 0.1) is 17.0 Å². The molecule has 2 aromatic carbocycles. The zero-order valence-electron chi connectivity index (χ0n) is 15.5. The molecule has 150 valence electrons. The molecule has 4 aromatic rings. The number of nitrogens with one attached hydrogen (secondary N) is 1. The highest BCUT2D eigenvalue weighted by molar-refractivity contribution is 7.19. The normalized spacial score (nSPS) is 11.8. The van der Waals surface area contributed by atoms with Crippen molar-refractivity contribution in [3.63, 3.8) is 0 Å². The number of thiophene rings is 1. The number of fused-ring (bicyclic) bond motifs is 1. The van der Waals surface area contributed by atoms with Crippen molar-refractivity contribution in [1.82, 2.24) is 9.97 Å². The van der Waals surface area contributed by atoms with Crippen molar-refractivity contribution >= 4 is 61.6 Å². The molecule has 0 saturated heterocycles. The van der Waals surface area contributed by atoms with Crippen LogP contribution in [0.2, 0.25) is 5.02 Å². The molecule has 0 spiro atoms. The summed E-state index contributed by atoms with van der Waals surface area (Å²) in [5.74, 6) is 0.188.